The zero-order chi connectivity index (χ0) is 11.9. The highest BCUT2D eigenvalue weighted by Crippen LogP contribution is 2.12. The van der Waals surface area contributed by atoms with Gasteiger partial charge < -0.3 is 10.1 Å². The smallest absolute Gasteiger partial charge is 0.341 e. The Morgan fingerprint density at radius 1 is 1.62 bits per heavy atom. The molecule has 0 saturated carbocycles. The van der Waals surface area contributed by atoms with E-state index in [9.17, 15) is 9.59 Å². The van der Waals surface area contributed by atoms with Gasteiger partial charge in [0.25, 0.3) is 0 Å². The molecule has 0 aliphatic rings. The highest BCUT2D eigenvalue weighted by atomic mass is 16.4. The van der Waals surface area contributed by atoms with Crippen LogP contribution in [0.2, 0.25) is 0 Å². The van der Waals surface area contributed by atoms with Gasteiger partial charge in [-0.2, -0.15) is 5.10 Å². The molecule has 16 heavy (non-hydrogen) atoms. The van der Waals surface area contributed by atoms with Crippen molar-refractivity contribution in [1.82, 2.24) is 14.8 Å². The van der Waals surface area contributed by atoms with E-state index in [2.05, 4.69) is 10.1 Å². The normalized spacial score (nSPS) is 10.9. The maximum atomic E-state index is 11.9. The number of carboxylic acid groups (broad SMARTS) is 1. The summed E-state index contributed by atoms with van der Waals surface area (Å²) in [6, 6.07) is 0. The van der Waals surface area contributed by atoms with E-state index < -0.39 is 11.4 Å². The van der Waals surface area contributed by atoms with Crippen LogP contribution < -0.4 is 5.43 Å². The first-order valence-corrected chi connectivity index (χ1v) is 4.86. The summed E-state index contributed by atoms with van der Waals surface area (Å²) in [5.74, 6) is -1.23. The zero-order valence-electron chi connectivity index (χ0n) is 8.94. The number of fused-ring (bicyclic) bond motifs is 1. The summed E-state index contributed by atoms with van der Waals surface area (Å²) in [6.07, 6.45) is 1.79. The fraction of sp³-hybridized carbons (Fsp3) is 0.300. The van der Waals surface area contributed by atoms with Crippen LogP contribution in [0.1, 0.15) is 23.0 Å². The van der Waals surface area contributed by atoms with Crippen LogP contribution in [0.3, 0.4) is 0 Å². The molecule has 0 amide bonds. The average Bonchev–Trinajstić information content (AvgIpc) is 2.56. The molecule has 0 aromatic carbocycles. The van der Waals surface area contributed by atoms with E-state index in [1.807, 2.05) is 6.92 Å². The second kappa shape index (κ2) is 3.48. The number of pyridine rings is 1. The van der Waals surface area contributed by atoms with E-state index in [0.29, 0.717) is 23.1 Å². The fourth-order valence-electron chi connectivity index (χ4n) is 1.73. The SMILES string of the molecule is CCc1nn(C)c2[nH]cc(C(=O)O)c(=O)c12. The Labute approximate surface area is 90.5 Å². The minimum atomic E-state index is -1.23. The van der Waals surface area contributed by atoms with Gasteiger partial charge in [-0.25, -0.2) is 4.79 Å². The van der Waals surface area contributed by atoms with Crippen molar-refractivity contribution in [3.63, 3.8) is 0 Å². The van der Waals surface area contributed by atoms with E-state index in [-0.39, 0.29) is 5.56 Å². The highest BCUT2D eigenvalue weighted by molar-refractivity contribution is 5.92. The zero-order valence-corrected chi connectivity index (χ0v) is 8.94. The van der Waals surface area contributed by atoms with Gasteiger partial charge in [0, 0.05) is 13.2 Å². The Bertz CT molecular complexity index is 624. The molecule has 2 heterocycles. The molecule has 0 radical (unpaired) electrons. The van der Waals surface area contributed by atoms with Crippen LogP contribution in [0.5, 0.6) is 0 Å². The molecule has 0 fully saturated rings. The van der Waals surface area contributed by atoms with Crippen molar-refractivity contribution in [3.05, 3.63) is 27.7 Å². The first kappa shape index (κ1) is 10.4. The summed E-state index contributed by atoms with van der Waals surface area (Å²) in [5, 5.41) is 13.4. The molecule has 6 nitrogen and oxygen atoms in total. The Kier molecular flexibility index (Phi) is 2.26. The molecule has 0 unspecified atom stereocenters. The third-order valence-electron chi connectivity index (χ3n) is 2.51. The number of carboxylic acids is 1. The summed E-state index contributed by atoms with van der Waals surface area (Å²) in [6.45, 7) is 1.87. The molecule has 0 saturated heterocycles. The van der Waals surface area contributed by atoms with Gasteiger partial charge in [0.05, 0.1) is 11.1 Å². The van der Waals surface area contributed by atoms with Gasteiger partial charge in [-0.3, -0.25) is 9.48 Å². The molecule has 84 valence electrons. The van der Waals surface area contributed by atoms with E-state index in [0.717, 1.165) is 0 Å². The molecular weight excluding hydrogens is 210 g/mol. The predicted octanol–water partition coefficient (Wildman–Crippen LogP) is 0.522. The number of nitrogens with zero attached hydrogens (tertiary/aromatic N) is 2. The third kappa shape index (κ3) is 1.30. The lowest BCUT2D eigenvalue weighted by Crippen LogP contribution is -2.15. The minimum absolute atomic E-state index is 0.254. The summed E-state index contributed by atoms with van der Waals surface area (Å²) < 4.78 is 1.54. The number of rotatable bonds is 2. The number of H-pyrrole nitrogens is 1. The van der Waals surface area contributed by atoms with Gasteiger partial charge in [-0.1, -0.05) is 6.92 Å². The van der Waals surface area contributed by atoms with Crippen molar-refractivity contribution in [3.8, 4) is 0 Å². The summed E-state index contributed by atoms with van der Waals surface area (Å²) in [7, 11) is 1.71. The van der Waals surface area contributed by atoms with E-state index >= 15 is 0 Å². The number of aromatic nitrogens is 3. The predicted molar refractivity (Wildman–Crippen MR) is 57.7 cm³/mol. The Balaban J connectivity index is 2.92. The number of hydrogen-bond acceptors (Lipinski definition) is 3. The molecule has 2 N–H and O–H groups in total. The first-order valence-electron chi connectivity index (χ1n) is 4.86. The van der Waals surface area contributed by atoms with Crippen LogP contribution in [-0.2, 0) is 13.5 Å². The largest absolute Gasteiger partial charge is 0.477 e. The van der Waals surface area contributed by atoms with Crippen LogP contribution in [-0.4, -0.2) is 25.8 Å². The first-order chi connectivity index (χ1) is 7.56. The maximum absolute atomic E-state index is 11.9. The second-order valence-corrected chi connectivity index (χ2v) is 3.48. The number of aromatic carboxylic acids is 1. The molecular formula is C10H11N3O3. The molecule has 0 atom stereocenters. The minimum Gasteiger partial charge on any atom is -0.477 e. The highest BCUT2D eigenvalue weighted by Gasteiger charge is 2.17. The van der Waals surface area contributed by atoms with Crippen LogP contribution in [0.4, 0.5) is 0 Å². The van der Waals surface area contributed by atoms with Gasteiger partial charge in [-0.15, -0.1) is 0 Å². The van der Waals surface area contributed by atoms with E-state index in [1.54, 1.807) is 11.7 Å². The van der Waals surface area contributed by atoms with Crippen LogP contribution in [0.25, 0.3) is 11.0 Å². The molecule has 6 heteroatoms. The molecule has 0 aliphatic carbocycles. The number of aromatic amines is 1. The molecule has 2 rings (SSSR count). The lowest BCUT2D eigenvalue weighted by atomic mass is 10.1. The van der Waals surface area contributed by atoms with E-state index in [4.69, 9.17) is 5.11 Å². The molecule has 2 aromatic rings. The topological polar surface area (TPSA) is 88.0 Å². The molecule has 0 aliphatic heterocycles. The van der Waals surface area contributed by atoms with Gasteiger partial charge >= 0.3 is 5.97 Å². The molecule has 0 bridgehead atoms. The Morgan fingerprint density at radius 2 is 2.31 bits per heavy atom. The van der Waals surface area contributed by atoms with Crippen LogP contribution in [0, 0.1) is 0 Å². The van der Waals surface area contributed by atoms with Crippen LogP contribution in [0.15, 0.2) is 11.0 Å². The van der Waals surface area contributed by atoms with Gasteiger partial charge in [0.1, 0.15) is 11.2 Å². The number of carbonyl (C=O) groups is 1. The van der Waals surface area contributed by atoms with Crippen molar-refractivity contribution in [2.24, 2.45) is 7.05 Å². The third-order valence-corrected chi connectivity index (χ3v) is 2.51. The number of nitrogens with one attached hydrogen (secondary N) is 1. The van der Waals surface area contributed by atoms with Gasteiger partial charge in [0.15, 0.2) is 0 Å². The van der Waals surface area contributed by atoms with E-state index in [1.165, 1.54) is 6.20 Å². The van der Waals surface area contributed by atoms with Crippen molar-refractivity contribution in [1.29, 1.82) is 0 Å². The molecule has 2 aromatic heterocycles. The number of aryl methyl sites for hydroxylation is 2. The lowest BCUT2D eigenvalue weighted by Gasteiger charge is -1.96. The Morgan fingerprint density at radius 3 is 2.88 bits per heavy atom. The fourth-order valence-corrected chi connectivity index (χ4v) is 1.73. The molecule has 0 spiro atoms. The van der Waals surface area contributed by atoms with Crippen molar-refractivity contribution in [2.45, 2.75) is 13.3 Å². The standard InChI is InChI=1S/C10H11N3O3/c1-3-6-7-8(14)5(10(15)16)4-11-9(7)13(2)12-6/h4H,3H2,1-2H3,(H,11,14)(H,15,16). The van der Waals surface area contributed by atoms with Crippen LogP contribution >= 0.6 is 0 Å². The van der Waals surface area contributed by atoms with Gasteiger partial charge in [-0.05, 0) is 6.42 Å². The maximum Gasteiger partial charge on any atom is 0.341 e. The van der Waals surface area contributed by atoms with Crippen molar-refractivity contribution >= 4 is 17.0 Å². The second-order valence-electron chi connectivity index (χ2n) is 3.48. The van der Waals surface area contributed by atoms with Crippen molar-refractivity contribution in [2.75, 3.05) is 0 Å². The summed E-state index contributed by atoms with van der Waals surface area (Å²) in [5.41, 5.74) is 0.426. The Hall–Kier alpha value is -2.11. The van der Waals surface area contributed by atoms with Gasteiger partial charge in [0.2, 0.25) is 5.43 Å². The monoisotopic (exact) mass is 221 g/mol. The summed E-state index contributed by atoms with van der Waals surface area (Å²) in [4.78, 5) is 25.5. The lowest BCUT2D eigenvalue weighted by molar-refractivity contribution is 0.0695. The quantitative estimate of drug-likeness (QED) is 0.773. The summed E-state index contributed by atoms with van der Waals surface area (Å²) >= 11 is 0. The van der Waals surface area contributed by atoms with Crippen molar-refractivity contribution < 1.29 is 9.90 Å². The number of hydrogen-bond donors (Lipinski definition) is 2. The average molecular weight is 221 g/mol.